The van der Waals surface area contributed by atoms with Crippen molar-refractivity contribution in [2.75, 3.05) is 19.7 Å². The highest BCUT2D eigenvalue weighted by molar-refractivity contribution is 5.99. The number of ether oxygens (including phenoxy) is 2. The Morgan fingerprint density at radius 2 is 1.83 bits per heavy atom. The number of piperidine rings is 1. The smallest absolute Gasteiger partial charge is 0.354 e. The molecule has 0 radical (unpaired) electrons. The molecule has 0 amide bonds. The number of fused-ring (bicyclic) bond motifs is 2. The Balaban J connectivity index is 1.51. The van der Waals surface area contributed by atoms with Gasteiger partial charge in [0.1, 0.15) is 23.4 Å². The van der Waals surface area contributed by atoms with Crippen LogP contribution in [-0.2, 0) is 11.3 Å². The molecule has 1 fully saturated rings. The summed E-state index contributed by atoms with van der Waals surface area (Å²) < 4.78 is 13.6. The molecule has 1 aromatic heterocycles. The molecule has 1 aliphatic heterocycles. The zero-order valence-corrected chi connectivity index (χ0v) is 19.8. The molecule has 0 spiro atoms. The van der Waals surface area contributed by atoms with Crippen molar-refractivity contribution in [2.45, 2.75) is 32.4 Å². The Hall–Kier alpha value is -3.84. The minimum atomic E-state index is -0.343. The molecule has 180 valence electrons. The van der Waals surface area contributed by atoms with Gasteiger partial charge in [-0.3, -0.25) is 5.41 Å². The molecule has 3 aromatic carbocycles. The van der Waals surface area contributed by atoms with Gasteiger partial charge in [-0.25, -0.2) is 4.79 Å². The molecular weight excluding hydrogens is 440 g/mol. The molecular formula is C28H30N4O3. The molecule has 0 bridgehead atoms. The predicted octanol–water partition coefficient (Wildman–Crippen LogP) is 4.43. The van der Waals surface area contributed by atoms with Crippen LogP contribution in [0, 0.1) is 5.41 Å². The summed E-state index contributed by atoms with van der Waals surface area (Å²) in [7, 11) is 0. The van der Waals surface area contributed by atoms with Crippen molar-refractivity contribution in [1.82, 2.24) is 9.88 Å². The number of nitrogen functional groups attached to an aromatic ring is 1. The van der Waals surface area contributed by atoms with Gasteiger partial charge < -0.3 is 25.1 Å². The van der Waals surface area contributed by atoms with Gasteiger partial charge >= 0.3 is 5.97 Å². The molecule has 4 aromatic rings. The van der Waals surface area contributed by atoms with Crippen LogP contribution >= 0.6 is 0 Å². The van der Waals surface area contributed by atoms with Crippen molar-refractivity contribution in [3.63, 3.8) is 0 Å². The fourth-order valence-corrected chi connectivity index (χ4v) is 4.72. The molecule has 1 saturated heterocycles. The summed E-state index contributed by atoms with van der Waals surface area (Å²) in [6, 6.07) is 19.8. The highest BCUT2D eigenvalue weighted by Crippen LogP contribution is 2.28. The standard InChI is InChI=1S/C28H30N4O3/c1-2-34-28(33)26-16-22-15-24(35-23-9-11-31-12-10-23)7-8-25(22)32(26)17-18-3-4-19-5-6-20(27(29)30)14-21(19)13-18/h3-8,13-16,23,31H,2,9-12,17H2,1H3,(H3,29,30). The number of nitrogens with one attached hydrogen (secondary N) is 2. The summed E-state index contributed by atoms with van der Waals surface area (Å²) in [5.74, 6) is 0.518. The average Bonchev–Trinajstić information content (AvgIpc) is 3.22. The summed E-state index contributed by atoms with van der Waals surface area (Å²) in [6.07, 6.45) is 2.18. The van der Waals surface area contributed by atoms with E-state index >= 15 is 0 Å². The zero-order valence-electron chi connectivity index (χ0n) is 19.8. The number of benzene rings is 3. The van der Waals surface area contributed by atoms with Crippen LogP contribution in [0.5, 0.6) is 5.75 Å². The first-order valence-corrected chi connectivity index (χ1v) is 12.1. The van der Waals surface area contributed by atoms with Crippen molar-refractivity contribution in [3.8, 4) is 5.75 Å². The Morgan fingerprint density at radius 3 is 2.60 bits per heavy atom. The quantitative estimate of drug-likeness (QED) is 0.211. The third-order valence-corrected chi connectivity index (χ3v) is 6.50. The number of hydrogen-bond acceptors (Lipinski definition) is 5. The molecule has 0 saturated carbocycles. The van der Waals surface area contributed by atoms with E-state index in [1.54, 1.807) is 0 Å². The fraction of sp³-hybridized carbons (Fsp3) is 0.286. The van der Waals surface area contributed by atoms with E-state index in [-0.39, 0.29) is 17.9 Å². The summed E-state index contributed by atoms with van der Waals surface area (Å²) in [5, 5.41) is 14.1. The number of carbonyl (C=O) groups is 1. The van der Waals surface area contributed by atoms with Crippen molar-refractivity contribution >= 4 is 33.5 Å². The van der Waals surface area contributed by atoms with Crippen LogP contribution in [0.3, 0.4) is 0 Å². The Kier molecular flexibility index (Phi) is 6.42. The van der Waals surface area contributed by atoms with E-state index in [0.717, 1.165) is 58.9 Å². The lowest BCUT2D eigenvalue weighted by Gasteiger charge is -2.23. The second-order valence-corrected chi connectivity index (χ2v) is 8.93. The van der Waals surface area contributed by atoms with Crippen molar-refractivity contribution in [3.05, 3.63) is 77.5 Å². The number of hydrogen-bond donors (Lipinski definition) is 3. The van der Waals surface area contributed by atoms with Crippen LogP contribution < -0.4 is 15.8 Å². The molecule has 7 heteroatoms. The van der Waals surface area contributed by atoms with Crippen LogP contribution in [0.1, 0.15) is 41.4 Å². The first kappa shape index (κ1) is 22.9. The lowest BCUT2D eigenvalue weighted by atomic mass is 10.0. The van der Waals surface area contributed by atoms with Gasteiger partial charge in [0.15, 0.2) is 0 Å². The SMILES string of the molecule is CCOC(=O)c1cc2cc(OC3CCNCC3)ccc2n1Cc1ccc2ccc(C(=N)N)cc2c1. The van der Waals surface area contributed by atoms with Gasteiger partial charge in [-0.05, 0) is 85.6 Å². The third-order valence-electron chi connectivity index (χ3n) is 6.50. The highest BCUT2D eigenvalue weighted by atomic mass is 16.5. The molecule has 5 rings (SSSR count). The summed E-state index contributed by atoms with van der Waals surface area (Å²) in [6.45, 7) is 4.57. The summed E-state index contributed by atoms with van der Waals surface area (Å²) >= 11 is 0. The van der Waals surface area contributed by atoms with E-state index in [4.69, 9.17) is 20.6 Å². The maximum absolute atomic E-state index is 12.8. The number of amidine groups is 1. The molecule has 0 unspecified atom stereocenters. The second kappa shape index (κ2) is 9.80. The largest absolute Gasteiger partial charge is 0.490 e. The van der Waals surface area contributed by atoms with Crippen LogP contribution in [0.4, 0.5) is 0 Å². The van der Waals surface area contributed by atoms with Crippen molar-refractivity contribution in [1.29, 1.82) is 5.41 Å². The van der Waals surface area contributed by atoms with E-state index in [2.05, 4.69) is 23.5 Å². The van der Waals surface area contributed by atoms with Crippen LogP contribution in [0.2, 0.25) is 0 Å². The van der Waals surface area contributed by atoms with Crippen LogP contribution in [0.25, 0.3) is 21.7 Å². The number of esters is 1. The topological polar surface area (TPSA) is 102 Å². The third kappa shape index (κ3) is 4.86. The summed E-state index contributed by atoms with van der Waals surface area (Å²) in [5.41, 5.74) is 8.87. The maximum atomic E-state index is 12.8. The van der Waals surface area contributed by atoms with E-state index < -0.39 is 0 Å². The van der Waals surface area contributed by atoms with Crippen LogP contribution in [0.15, 0.2) is 60.7 Å². The first-order chi connectivity index (χ1) is 17.0. The predicted molar refractivity (Wildman–Crippen MR) is 138 cm³/mol. The molecule has 1 aliphatic rings. The van der Waals surface area contributed by atoms with Gasteiger partial charge in [0.2, 0.25) is 0 Å². The fourth-order valence-electron chi connectivity index (χ4n) is 4.72. The van der Waals surface area contributed by atoms with Gasteiger partial charge in [-0.2, -0.15) is 0 Å². The zero-order chi connectivity index (χ0) is 24.4. The Morgan fingerprint density at radius 1 is 1.03 bits per heavy atom. The number of aromatic nitrogens is 1. The molecule has 2 heterocycles. The molecule has 35 heavy (non-hydrogen) atoms. The van der Waals surface area contributed by atoms with Gasteiger partial charge in [0, 0.05) is 23.0 Å². The highest BCUT2D eigenvalue weighted by Gasteiger charge is 2.19. The summed E-state index contributed by atoms with van der Waals surface area (Å²) in [4.78, 5) is 12.8. The van der Waals surface area contributed by atoms with Crippen molar-refractivity contribution in [2.24, 2.45) is 5.73 Å². The molecule has 0 aliphatic carbocycles. The lowest BCUT2D eigenvalue weighted by Crippen LogP contribution is -2.34. The number of nitrogens with two attached hydrogens (primary N) is 1. The van der Waals surface area contributed by atoms with Gasteiger partial charge in [-0.1, -0.05) is 24.3 Å². The monoisotopic (exact) mass is 470 g/mol. The first-order valence-electron chi connectivity index (χ1n) is 12.1. The molecule has 7 nitrogen and oxygen atoms in total. The van der Waals surface area contributed by atoms with E-state index in [0.29, 0.717) is 24.4 Å². The molecule has 0 atom stereocenters. The van der Waals surface area contributed by atoms with Gasteiger partial charge in [0.05, 0.1) is 6.61 Å². The van der Waals surface area contributed by atoms with Gasteiger partial charge in [-0.15, -0.1) is 0 Å². The Bertz CT molecular complexity index is 1400. The molecule has 4 N–H and O–H groups in total. The normalized spacial score (nSPS) is 14.3. The van der Waals surface area contributed by atoms with Crippen LogP contribution in [-0.4, -0.2) is 42.2 Å². The van der Waals surface area contributed by atoms with E-state index in [9.17, 15) is 4.79 Å². The minimum absolute atomic E-state index is 0.0424. The average molecular weight is 471 g/mol. The lowest BCUT2D eigenvalue weighted by molar-refractivity contribution is 0.0515. The number of carbonyl (C=O) groups excluding carboxylic acids is 1. The van der Waals surface area contributed by atoms with Gasteiger partial charge in [0.25, 0.3) is 0 Å². The maximum Gasteiger partial charge on any atom is 0.354 e. The number of rotatable bonds is 7. The Labute approximate surface area is 204 Å². The minimum Gasteiger partial charge on any atom is -0.490 e. The van der Waals surface area contributed by atoms with E-state index in [1.165, 1.54) is 0 Å². The van der Waals surface area contributed by atoms with E-state index in [1.807, 2.05) is 54.0 Å². The second-order valence-electron chi connectivity index (χ2n) is 8.93. The number of nitrogens with zero attached hydrogens (tertiary/aromatic N) is 1. The van der Waals surface area contributed by atoms with Crippen molar-refractivity contribution < 1.29 is 14.3 Å².